The van der Waals surface area contributed by atoms with E-state index in [4.69, 9.17) is 10.6 Å². The Bertz CT molecular complexity index is 474. The van der Waals surface area contributed by atoms with Gasteiger partial charge in [-0.15, -0.1) is 0 Å². The number of hydrazine groups is 1. The van der Waals surface area contributed by atoms with Gasteiger partial charge in [-0.1, -0.05) is 0 Å². The molecule has 7 heteroatoms. The zero-order valence-corrected chi connectivity index (χ0v) is 10.5. The van der Waals surface area contributed by atoms with E-state index in [1.807, 2.05) is 5.43 Å². The predicted octanol–water partition coefficient (Wildman–Crippen LogP) is 0.870. The number of rotatable bonds is 3. The van der Waals surface area contributed by atoms with Crippen molar-refractivity contribution in [2.75, 3.05) is 11.9 Å². The summed E-state index contributed by atoms with van der Waals surface area (Å²) >= 11 is 0. The maximum absolute atomic E-state index is 11.7. The number of aryl methyl sites for hydroxylation is 2. The Kier molecular flexibility index (Phi) is 4.61. The summed E-state index contributed by atoms with van der Waals surface area (Å²) in [5, 5.41) is 2.48. The number of hydrogen-bond donors (Lipinski definition) is 3. The Balaban J connectivity index is 3.09. The molecule has 0 bridgehead atoms. The molecule has 4 N–H and O–H groups in total. The minimum atomic E-state index is -0.585. The minimum absolute atomic E-state index is 0.276. The SMILES string of the molecule is CCOC(=O)c1cc(NC(=O)NN)c(C)nc1C. The second-order valence-electron chi connectivity index (χ2n) is 3.57. The molecular formula is C11H16N4O3. The zero-order chi connectivity index (χ0) is 13.7. The van der Waals surface area contributed by atoms with Gasteiger partial charge in [0.2, 0.25) is 0 Å². The standard InChI is InChI=1S/C11H16N4O3/c1-4-18-10(16)8-5-9(14-11(17)15-12)7(3)13-6(8)2/h5H,4,12H2,1-3H3,(H2,14,15,17). The Morgan fingerprint density at radius 1 is 1.39 bits per heavy atom. The molecule has 2 amide bonds. The summed E-state index contributed by atoms with van der Waals surface area (Å²) in [6.07, 6.45) is 0. The van der Waals surface area contributed by atoms with E-state index in [9.17, 15) is 9.59 Å². The van der Waals surface area contributed by atoms with Crippen LogP contribution in [0.1, 0.15) is 28.7 Å². The topological polar surface area (TPSA) is 106 Å². The van der Waals surface area contributed by atoms with E-state index in [-0.39, 0.29) is 6.61 Å². The van der Waals surface area contributed by atoms with Crippen LogP contribution in [0.3, 0.4) is 0 Å². The van der Waals surface area contributed by atoms with Crippen molar-refractivity contribution in [1.82, 2.24) is 10.4 Å². The number of anilines is 1. The highest BCUT2D eigenvalue weighted by atomic mass is 16.5. The molecule has 1 heterocycles. The second-order valence-corrected chi connectivity index (χ2v) is 3.57. The molecule has 0 aliphatic rings. The number of ether oxygens (including phenoxy) is 1. The van der Waals surface area contributed by atoms with E-state index in [0.717, 1.165) is 0 Å². The molecule has 98 valence electrons. The van der Waals surface area contributed by atoms with Crippen LogP contribution in [0.4, 0.5) is 10.5 Å². The Labute approximate surface area is 105 Å². The van der Waals surface area contributed by atoms with Crippen LogP contribution < -0.4 is 16.6 Å². The van der Waals surface area contributed by atoms with Crippen LogP contribution in [0.2, 0.25) is 0 Å². The number of nitrogens with one attached hydrogen (secondary N) is 2. The van der Waals surface area contributed by atoms with Crippen LogP contribution in [0, 0.1) is 13.8 Å². The third-order valence-corrected chi connectivity index (χ3v) is 2.28. The normalized spacial score (nSPS) is 9.78. The highest BCUT2D eigenvalue weighted by molar-refractivity contribution is 5.94. The molecule has 0 aliphatic carbocycles. The molecule has 0 aromatic carbocycles. The minimum Gasteiger partial charge on any atom is -0.462 e. The fraction of sp³-hybridized carbons (Fsp3) is 0.364. The first-order valence-corrected chi connectivity index (χ1v) is 5.42. The van der Waals surface area contributed by atoms with E-state index in [1.54, 1.807) is 20.8 Å². The summed E-state index contributed by atoms with van der Waals surface area (Å²) in [6, 6.07) is 0.934. The average molecular weight is 252 g/mol. The summed E-state index contributed by atoms with van der Waals surface area (Å²) in [5.41, 5.74) is 3.79. The highest BCUT2D eigenvalue weighted by Gasteiger charge is 2.15. The number of urea groups is 1. The van der Waals surface area contributed by atoms with Gasteiger partial charge in [0.05, 0.1) is 29.2 Å². The van der Waals surface area contributed by atoms with Gasteiger partial charge in [-0.05, 0) is 26.8 Å². The van der Waals surface area contributed by atoms with Gasteiger partial charge < -0.3 is 10.1 Å². The smallest absolute Gasteiger partial charge is 0.340 e. The second kappa shape index (κ2) is 5.97. The van der Waals surface area contributed by atoms with Crippen LogP contribution in [-0.2, 0) is 4.74 Å². The number of hydrogen-bond acceptors (Lipinski definition) is 5. The molecule has 1 aromatic rings. The van der Waals surface area contributed by atoms with Gasteiger partial charge in [0.1, 0.15) is 0 Å². The first-order chi connectivity index (χ1) is 8.49. The van der Waals surface area contributed by atoms with Crippen molar-refractivity contribution >= 4 is 17.7 Å². The Hall–Kier alpha value is -2.15. The maximum atomic E-state index is 11.7. The number of aromatic nitrogens is 1. The summed E-state index contributed by atoms with van der Waals surface area (Å²) in [4.78, 5) is 27.0. The van der Waals surface area contributed by atoms with Crippen LogP contribution in [-0.4, -0.2) is 23.6 Å². The van der Waals surface area contributed by atoms with Crippen molar-refractivity contribution in [1.29, 1.82) is 0 Å². The molecule has 18 heavy (non-hydrogen) atoms. The molecule has 0 saturated carbocycles. The van der Waals surface area contributed by atoms with E-state index in [2.05, 4.69) is 10.3 Å². The molecule has 0 atom stereocenters. The molecule has 0 unspecified atom stereocenters. The molecule has 1 aromatic heterocycles. The average Bonchev–Trinajstić information content (AvgIpc) is 2.32. The zero-order valence-electron chi connectivity index (χ0n) is 10.5. The third-order valence-electron chi connectivity index (χ3n) is 2.28. The Morgan fingerprint density at radius 2 is 2.06 bits per heavy atom. The molecule has 0 aliphatic heterocycles. The van der Waals surface area contributed by atoms with E-state index in [1.165, 1.54) is 6.07 Å². The first-order valence-electron chi connectivity index (χ1n) is 5.42. The van der Waals surface area contributed by atoms with Gasteiger partial charge in [-0.2, -0.15) is 0 Å². The quantitative estimate of drug-likeness (QED) is 0.320. The summed E-state index contributed by atoms with van der Waals surface area (Å²) in [6.45, 7) is 5.41. The lowest BCUT2D eigenvalue weighted by Gasteiger charge is -2.11. The number of carbonyl (C=O) groups is 2. The summed E-state index contributed by atoms with van der Waals surface area (Å²) in [7, 11) is 0. The fourth-order valence-corrected chi connectivity index (χ4v) is 1.43. The van der Waals surface area contributed by atoms with E-state index in [0.29, 0.717) is 22.6 Å². The van der Waals surface area contributed by atoms with Crippen molar-refractivity contribution in [3.05, 3.63) is 23.0 Å². The van der Waals surface area contributed by atoms with E-state index >= 15 is 0 Å². The number of esters is 1. The van der Waals surface area contributed by atoms with Gasteiger partial charge in [-0.25, -0.2) is 15.4 Å². The van der Waals surface area contributed by atoms with Crippen molar-refractivity contribution in [3.63, 3.8) is 0 Å². The fourth-order valence-electron chi connectivity index (χ4n) is 1.43. The molecule has 0 saturated heterocycles. The van der Waals surface area contributed by atoms with Gasteiger partial charge in [0, 0.05) is 0 Å². The lowest BCUT2D eigenvalue weighted by Crippen LogP contribution is -2.34. The lowest BCUT2D eigenvalue weighted by atomic mass is 10.1. The molecule has 1 rings (SSSR count). The monoisotopic (exact) mass is 252 g/mol. The van der Waals surface area contributed by atoms with Crippen molar-refractivity contribution in [2.45, 2.75) is 20.8 Å². The first kappa shape index (κ1) is 13.9. The van der Waals surface area contributed by atoms with Gasteiger partial charge in [0.25, 0.3) is 0 Å². The van der Waals surface area contributed by atoms with Crippen molar-refractivity contribution in [2.24, 2.45) is 5.84 Å². The number of amides is 2. The van der Waals surface area contributed by atoms with Crippen LogP contribution in [0.25, 0.3) is 0 Å². The third kappa shape index (κ3) is 3.17. The van der Waals surface area contributed by atoms with Gasteiger partial charge in [0.15, 0.2) is 0 Å². The van der Waals surface area contributed by atoms with Gasteiger partial charge >= 0.3 is 12.0 Å². The number of nitrogens with two attached hydrogens (primary N) is 1. The maximum Gasteiger partial charge on any atom is 0.340 e. The van der Waals surface area contributed by atoms with E-state index < -0.39 is 12.0 Å². The molecular weight excluding hydrogens is 236 g/mol. The number of carbonyl (C=O) groups excluding carboxylic acids is 2. The molecule has 7 nitrogen and oxygen atoms in total. The number of nitrogens with zero attached hydrogens (tertiary/aromatic N) is 1. The Morgan fingerprint density at radius 3 is 2.61 bits per heavy atom. The highest BCUT2D eigenvalue weighted by Crippen LogP contribution is 2.18. The van der Waals surface area contributed by atoms with Crippen LogP contribution in [0.5, 0.6) is 0 Å². The molecule has 0 radical (unpaired) electrons. The van der Waals surface area contributed by atoms with Gasteiger partial charge in [-0.3, -0.25) is 10.4 Å². The largest absolute Gasteiger partial charge is 0.462 e. The van der Waals surface area contributed by atoms with Crippen LogP contribution >= 0.6 is 0 Å². The predicted molar refractivity (Wildman–Crippen MR) is 66.0 cm³/mol. The van der Waals surface area contributed by atoms with Crippen LogP contribution in [0.15, 0.2) is 6.07 Å². The van der Waals surface area contributed by atoms with Crippen molar-refractivity contribution < 1.29 is 14.3 Å². The molecule has 0 fully saturated rings. The lowest BCUT2D eigenvalue weighted by molar-refractivity contribution is 0.0525. The summed E-state index contributed by atoms with van der Waals surface area (Å²) in [5.74, 6) is 4.50. The number of pyridine rings is 1. The van der Waals surface area contributed by atoms with Crippen molar-refractivity contribution in [3.8, 4) is 0 Å². The summed E-state index contributed by atoms with van der Waals surface area (Å²) < 4.78 is 4.90. The molecule has 0 spiro atoms.